The summed E-state index contributed by atoms with van der Waals surface area (Å²) in [5.74, 6) is 2.69. The number of amides is 1. The quantitative estimate of drug-likeness (QED) is 0.485. The molecule has 1 amide bonds. The summed E-state index contributed by atoms with van der Waals surface area (Å²) < 4.78 is 52.8. The lowest BCUT2D eigenvalue weighted by Gasteiger charge is -2.24. The molecule has 0 aliphatic carbocycles. The average Bonchev–Trinajstić information content (AvgIpc) is 2.53. The van der Waals surface area contributed by atoms with Crippen molar-refractivity contribution in [3.8, 4) is 0 Å². The number of benzene rings is 2. The predicted octanol–water partition coefficient (Wildman–Crippen LogP) is 1.15. The van der Waals surface area contributed by atoms with Crippen molar-refractivity contribution in [3.05, 3.63) is 60.2 Å². The highest BCUT2D eigenvalue weighted by Gasteiger charge is 2.28. The van der Waals surface area contributed by atoms with E-state index < -0.39 is 34.1 Å². The van der Waals surface area contributed by atoms with E-state index in [2.05, 4.69) is 0 Å². The smallest absolute Gasteiger partial charge is 0.264 e. The van der Waals surface area contributed by atoms with Crippen molar-refractivity contribution >= 4 is 21.6 Å². The summed E-state index contributed by atoms with van der Waals surface area (Å²) in [6, 6.07) is 9.03. The molecular weight excluding hydrogens is 328 g/mol. The third kappa shape index (κ3) is 3.63. The number of hydrogen-bond donors (Lipinski definition) is 2. The van der Waals surface area contributed by atoms with Crippen molar-refractivity contribution in [1.29, 1.82) is 0 Å². The Morgan fingerprint density at radius 2 is 1.70 bits per heavy atom. The van der Waals surface area contributed by atoms with E-state index in [0.717, 1.165) is 30.3 Å². The third-order valence-corrected chi connectivity index (χ3v) is 4.74. The van der Waals surface area contributed by atoms with Crippen molar-refractivity contribution in [1.82, 2.24) is 5.43 Å². The number of carbonyl (C=O) groups is 1. The SMILES string of the molecule is NNC(=O)CN(c1ccccc1F)S(=O)(=O)c1ccc(F)cc1. The molecule has 0 atom stereocenters. The average molecular weight is 341 g/mol. The fourth-order valence-electron chi connectivity index (χ4n) is 1.86. The van der Waals surface area contributed by atoms with Gasteiger partial charge in [0.05, 0.1) is 10.6 Å². The van der Waals surface area contributed by atoms with Gasteiger partial charge in [-0.15, -0.1) is 0 Å². The Labute approximate surface area is 131 Å². The number of sulfonamides is 1. The Balaban J connectivity index is 2.54. The monoisotopic (exact) mass is 341 g/mol. The van der Waals surface area contributed by atoms with Crippen LogP contribution >= 0.6 is 0 Å². The van der Waals surface area contributed by atoms with Crippen LogP contribution in [0.1, 0.15) is 0 Å². The van der Waals surface area contributed by atoms with Gasteiger partial charge in [-0.25, -0.2) is 23.0 Å². The second-order valence-corrected chi connectivity index (χ2v) is 6.35. The molecule has 0 aromatic heterocycles. The van der Waals surface area contributed by atoms with Crippen LogP contribution < -0.4 is 15.6 Å². The molecule has 2 aromatic rings. The van der Waals surface area contributed by atoms with Gasteiger partial charge in [-0.05, 0) is 36.4 Å². The van der Waals surface area contributed by atoms with Crippen molar-refractivity contribution in [2.75, 3.05) is 10.8 Å². The van der Waals surface area contributed by atoms with Crippen LogP contribution in [-0.4, -0.2) is 20.9 Å². The van der Waals surface area contributed by atoms with Crippen LogP contribution in [0.2, 0.25) is 0 Å². The fraction of sp³-hybridized carbons (Fsp3) is 0.0714. The fourth-order valence-corrected chi connectivity index (χ4v) is 3.29. The number of rotatable bonds is 5. The molecule has 0 spiro atoms. The second kappa shape index (κ2) is 6.71. The van der Waals surface area contributed by atoms with Gasteiger partial charge >= 0.3 is 0 Å². The molecule has 0 radical (unpaired) electrons. The first kappa shape index (κ1) is 16.8. The van der Waals surface area contributed by atoms with Gasteiger partial charge in [0, 0.05) is 0 Å². The highest BCUT2D eigenvalue weighted by molar-refractivity contribution is 7.92. The van der Waals surface area contributed by atoms with Crippen LogP contribution in [0.5, 0.6) is 0 Å². The molecule has 2 rings (SSSR count). The molecule has 3 N–H and O–H groups in total. The highest BCUT2D eigenvalue weighted by Crippen LogP contribution is 2.26. The van der Waals surface area contributed by atoms with Gasteiger partial charge in [0.2, 0.25) is 0 Å². The Morgan fingerprint density at radius 1 is 1.09 bits per heavy atom. The highest BCUT2D eigenvalue weighted by atomic mass is 32.2. The topological polar surface area (TPSA) is 92.5 Å². The number of nitrogens with one attached hydrogen (secondary N) is 1. The zero-order valence-corrected chi connectivity index (χ0v) is 12.6. The van der Waals surface area contributed by atoms with E-state index in [9.17, 15) is 22.0 Å². The maximum atomic E-state index is 14.0. The van der Waals surface area contributed by atoms with Gasteiger partial charge in [-0.2, -0.15) is 0 Å². The van der Waals surface area contributed by atoms with Crippen LogP contribution in [0.15, 0.2) is 53.4 Å². The Morgan fingerprint density at radius 3 is 2.26 bits per heavy atom. The first-order chi connectivity index (χ1) is 10.9. The molecule has 0 bridgehead atoms. The van der Waals surface area contributed by atoms with Gasteiger partial charge in [-0.1, -0.05) is 12.1 Å². The number of nitrogens with two attached hydrogens (primary N) is 1. The van der Waals surface area contributed by atoms with E-state index in [-0.39, 0.29) is 10.6 Å². The van der Waals surface area contributed by atoms with E-state index in [1.54, 1.807) is 5.43 Å². The number of hydrazine groups is 1. The molecule has 0 unspecified atom stereocenters. The largest absolute Gasteiger partial charge is 0.293 e. The number of anilines is 1. The maximum Gasteiger partial charge on any atom is 0.264 e. The summed E-state index contributed by atoms with van der Waals surface area (Å²) in [7, 11) is -4.29. The predicted molar refractivity (Wildman–Crippen MR) is 79.7 cm³/mol. The van der Waals surface area contributed by atoms with Gasteiger partial charge < -0.3 is 0 Å². The van der Waals surface area contributed by atoms with E-state index in [1.165, 1.54) is 18.2 Å². The molecular formula is C14H13F2N3O3S. The molecule has 0 fully saturated rings. The van der Waals surface area contributed by atoms with Crippen LogP contribution in [0.25, 0.3) is 0 Å². The number of halogens is 2. The van der Waals surface area contributed by atoms with Gasteiger partial charge in [0.25, 0.3) is 15.9 Å². The molecule has 9 heteroatoms. The van der Waals surface area contributed by atoms with Gasteiger partial charge in [-0.3, -0.25) is 14.5 Å². The first-order valence-electron chi connectivity index (χ1n) is 6.38. The van der Waals surface area contributed by atoms with Crippen LogP contribution in [-0.2, 0) is 14.8 Å². The summed E-state index contributed by atoms with van der Waals surface area (Å²) in [6.07, 6.45) is 0. The second-order valence-electron chi connectivity index (χ2n) is 4.48. The zero-order valence-electron chi connectivity index (χ0n) is 11.7. The summed E-state index contributed by atoms with van der Waals surface area (Å²) in [6.45, 7) is -0.725. The Kier molecular flexibility index (Phi) is 4.92. The molecule has 2 aromatic carbocycles. The van der Waals surface area contributed by atoms with Gasteiger partial charge in [0.15, 0.2) is 0 Å². The minimum Gasteiger partial charge on any atom is -0.293 e. The zero-order chi connectivity index (χ0) is 17.0. The van der Waals surface area contributed by atoms with E-state index in [0.29, 0.717) is 4.31 Å². The lowest BCUT2D eigenvalue weighted by molar-refractivity contribution is -0.119. The molecule has 6 nitrogen and oxygen atoms in total. The molecule has 0 saturated carbocycles. The lowest BCUT2D eigenvalue weighted by Crippen LogP contribution is -2.43. The molecule has 0 aliphatic heterocycles. The molecule has 0 aliphatic rings. The summed E-state index contributed by atoms with van der Waals surface area (Å²) in [5, 5.41) is 0. The first-order valence-corrected chi connectivity index (χ1v) is 7.82. The lowest BCUT2D eigenvalue weighted by atomic mass is 10.3. The molecule has 0 heterocycles. The molecule has 0 saturated heterocycles. The summed E-state index contributed by atoms with van der Waals surface area (Å²) in [5.41, 5.74) is 1.47. The van der Waals surface area contributed by atoms with E-state index >= 15 is 0 Å². The van der Waals surface area contributed by atoms with Gasteiger partial charge in [0.1, 0.15) is 18.2 Å². The number of carbonyl (C=O) groups excluding carboxylic acids is 1. The number of para-hydroxylation sites is 1. The Bertz CT molecular complexity index is 810. The van der Waals surface area contributed by atoms with Crippen LogP contribution in [0, 0.1) is 11.6 Å². The van der Waals surface area contributed by atoms with Crippen molar-refractivity contribution < 1.29 is 22.0 Å². The Hall–Kier alpha value is -2.52. The maximum absolute atomic E-state index is 14.0. The van der Waals surface area contributed by atoms with Crippen molar-refractivity contribution in [2.24, 2.45) is 5.84 Å². The summed E-state index contributed by atoms with van der Waals surface area (Å²) in [4.78, 5) is 11.2. The van der Waals surface area contributed by atoms with Crippen LogP contribution in [0.4, 0.5) is 14.5 Å². The minimum atomic E-state index is -4.29. The standard InChI is InChI=1S/C14H13F2N3O3S/c15-10-5-7-11(8-6-10)23(21,22)19(9-14(20)18-17)13-4-2-1-3-12(13)16/h1-8H,9,17H2,(H,18,20). The van der Waals surface area contributed by atoms with Crippen molar-refractivity contribution in [3.63, 3.8) is 0 Å². The van der Waals surface area contributed by atoms with Crippen LogP contribution in [0.3, 0.4) is 0 Å². The third-order valence-electron chi connectivity index (χ3n) is 2.97. The molecule has 23 heavy (non-hydrogen) atoms. The minimum absolute atomic E-state index is 0.285. The summed E-state index contributed by atoms with van der Waals surface area (Å²) >= 11 is 0. The van der Waals surface area contributed by atoms with Crippen molar-refractivity contribution in [2.45, 2.75) is 4.90 Å². The van der Waals surface area contributed by atoms with E-state index in [1.807, 2.05) is 0 Å². The number of nitrogens with zero attached hydrogens (tertiary/aromatic N) is 1. The molecule has 122 valence electrons. The normalized spacial score (nSPS) is 11.1. The number of hydrogen-bond acceptors (Lipinski definition) is 4. The van der Waals surface area contributed by atoms with E-state index in [4.69, 9.17) is 5.84 Å².